The second-order valence-electron chi connectivity index (χ2n) is 7.61. The lowest BCUT2D eigenvalue weighted by atomic mass is 10.2. The van der Waals surface area contributed by atoms with Crippen molar-refractivity contribution in [3.63, 3.8) is 0 Å². The molecular formula is C18H24F3N3O4. The molecule has 7 nitrogen and oxygen atoms in total. The molecule has 0 saturated heterocycles. The number of alkyl halides is 3. The third kappa shape index (κ3) is 6.28. The average Bonchev–Trinajstić information content (AvgIpc) is 3.35. The second kappa shape index (κ2) is 8.24. The van der Waals surface area contributed by atoms with Crippen molar-refractivity contribution in [1.82, 2.24) is 14.8 Å². The van der Waals surface area contributed by atoms with Crippen molar-refractivity contribution in [2.75, 3.05) is 13.1 Å². The van der Waals surface area contributed by atoms with Crippen LogP contribution in [0.15, 0.2) is 23.1 Å². The Kier molecular flexibility index (Phi) is 6.41. The van der Waals surface area contributed by atoms with E-state index in [1.54, 1.807) is 20.8 Å². The maximum Gasteiger partial charge on any atom is 0.421 e. The van der Waals surface area contributed by atoms with Gasteiger partial charge in [0.05, 0.1) is 0 Å². The summed E-state index contributed by atoms with van der Waals surface area (Å²) in [5.41, 5.74) is -3.25. The van der Waals surface area contributed by atoms with Gasteiger partial charge in [0.15, 0.2) is 0 Å². The molecule has 1 aromatic rings. The molecule has 0 aliphatic heterocycles. The van der Waals surface area contributed by atoms with Crippen LogP contribution in [0.3, 0.4) is 0 Å². The van der Waals surface area contributed by atoms with Crippen LogP contribution in [0.5, 0.6) is 0 Å². The Hall–Kier alpha value is -2.52. The molecular weight excluding hydrogens is 379 g/mol. The summed E-state index contributed by atoms with van der Waals surface area (Å²) in [6.45, 7) is 5.03. The van der Waals surface area contributed by atoms with Crippen LogP contribution in [0.25, 0.3) is 0 Å². The molecule has 0 bridgehead atoms. The number of carbonyl (C=O) groups excluding carboxylic acids is 2. The van der Waals surface area contributed by atoms with Crippen molar-refractivity contribution in [3.8, 4) is 0 Å². The van der Waals surface area contributed by atoms with E-state index in [0.29, 0.717) is 10.6 Å². The number of nitrogens with zero attached hydrogens (tertiary/aromatic N) is 2. The number of ether oxygens (including phenoxy) is 1. The van der Waals surface area contributed by atoms with Crippen molar-refractivity contribution in [2.45, 2.75) is 58.0 Å². The number of rotatable bonds is 6. The van der Waals surface area contributed by atoms with Gasteiger partial charge in [-0.25, -0.2) is 4.79 Å². The first-order valence-electron chi connectivity index (χ1n) is 8.91. The van der Waals surface area contributed by atoms with Gasteiger partial charge in [-0.05, 0) is 45.7 Å². The molecule has 2 amide bonds. The number of nitrogens with one attached hydrogen (secondary N) is 1. The van der Waals surface area contributed by atoms with Gasteiger partial charge in [-0.15, -0.1) is 0 Å². The monoisotopic (exact) mass is 403 g/mol. The van der Waals surface area contributed by atoms with Crippen LogP contribution >= 0.6 is 0 Å². The Morgan fingerprint density at radius 3 is 2.46 bits per heavy atom. The normalized spacial score (nSPS) is 14.5. The zero-order valence-electron chi connectivity index (χ0n) is 16.0. The average molecular weight is 403 g/mol. The predicted octanol–water partition coefficient (Wildman–Crippen LogP) is 2.38. The lowest BCUT2D eigenvalue weighted by Crippen LogP contribution is -2.43. The standard InChI is InChI=1S/C18H24F3N3O4/c1-17(2,3)28-16(27)24(12-6-7-12)10-8-22-14(25)11-23-9-4-5-13(15(23)26)18(19,20)21/h4-5,9,12H,6-8,10-11H2,1-3H3,(H,22,25). The number of amides is 2. The highest BCUT2D eigenvalue weighted by Gasteiger charge is 2.35. The number of pyridine rings is 1. The first-order chi connectivity index (χ1) is 12.9. The second-order valence-corrected chi connectivity index (χ2v) is 7.61. The van der Waals surface area contributed by atoms with Crippen molar-refractivity contribution in [3.05, 3.63) is 34.2 Å². The Labute approximate surface area is 160 Å². The molecule has 1 aromatic heterocycles. The van der Waals surface area contributed by atoms with Gasteiger partial charge in [0, 0.05) is 25.3 Å². The zero-order valence-corrected chi connectivity index (χ0v) is 16.0. The molecule has 0 spiro atoms. The highest BCUT2D eigenvalue weighted by atomic mass is 19.4. The summed E-state index contributed by atoms with van der Waals surface area (Å²) in [6.07, 6.45) is -2.43. The summed E-state index contributed by atoms with van der Waals surface area (Å²) in [4.78, 5) is 37.6. The highest BCUT2D eigenvalue weighted by Crippen LogP contribution is 2.28. The van der Waals surface area contributed by atoms with Gasteiger partial charge in [0.1, 0.15) is 17.7 Å². The van der Waals surface area contributed by atoms with Crippen molar-refractivity contribution in [1.29, 1.82) is 0 Å². The molecule has 1 aliphatic carbocycles. The molecule has 1 fully saturated rings. The van der Waals surface area contributed by atoms with Crippen LogP contribution in [0.4, 0.5) is 18.0 Å². The van der Waals surface area contributed by atoms with Crippen LogP contribution in [0, 0.1) is 0 Å². The highest BCUT2D eigenvalue weighted by molar-refractivity contribution is 5.75. The lowest BCUT2D eigenvalue weighted by molar-refractivity contribution is -0.139. The topological polar surface area (TPSA) is 80.6 Å². The van der Waals surface area contributed by atoms with Crippen LogP contribution in [0.2, 0.25) is 0 Å². The van der Waals surface area contributed by atoms with Gasteiger partial charge < -0.3 is 19.5 Å². The number of hydrogen-bond acceptors (Lipinski definition) is 4. The molecule has 0 atom stereocenters. The molecule has 1 heterocycles. The van der Waals surface area contributed by atoms with Crippen molar-refractivity contribution in [2.24, 2.45) is 0 Å². The minimum atomic E-state index is -4.78. The Bertz CT molecular complexity index is 780. The predicted molar refractivity (Wildman–Crippen MR) is 94.7 cm³/mol. The third-order valence-corrected chi connectivity index (χ3v) is 3.93. The fraction of sp³-hybridized carbons (Fsp3) is 0.611. The first kappa shape index (κ1) is 21.8. The van der Waals surface area contributed by atoms with Gasteiger partial charge in [-0.3, -0.25) is 9.59 Å². The summed E-state index contributed by atoms with van der Waals surface area (Å²) in [7, 11) is 0. The van der Waals surface area contributed by atoms with E-state index >= 15 is 0 Å². The number of halogens is 3. The molecule has 0 radical (unpaired) electrons. The number of carbonyl (C=O) groups is 2. The molecule has 1 N–H and O–H groups in total. The summed E-state index contributed by atoms with van der Waals surface area (Å²) >= 11 is 0. The number of hydrogen-bond donors (Lipinski definition) is 1. The van der Waals surface area contributed by atoms with E-state index in [4.69, 9.17) is 4.74 Å². The SMILES string of the molecule is CC(C)(C)OC(=O)N(CCNC(=O)Cn1cccc(C(F)(F)F)c1=O)C1CC1. The van der Waals surface area contributed by atoms with Crippen molar-refractivity contribution < 1.29 is 27.5 Å². The van der Waals surface area contributed by atoms with Gasteiger partial charge >= 0.3 is 12.3 Å². The minimum absolute atomic E-state index is 0.0674. The molecule has 1 aliphatic rings. The molecule has 0 aromatic carbocycles. The van der Waals surface area contributed by atoms with E-state index in [9.17, 15) is 27.6 Å². The molecule has 2 rings (SSSR count). The summed E-state index contributed by atoms with van der Waals surface area (Å²) < 4.78 is 44.3. The van der Waals surface area contributed by atoms with Gasteiger partial charge in [0.2, 0.25) is 5.91 Å². The largest absolute Gasteiger partial charge is 0.444 e. The van der Waals surface area contributed by atoms with Crippen LogP contribution in [-0.4, -0.2) is 46.2 Å². The molecule has 10 heteroatoms. The molecule has 1 saturated carbocycles. The fourth-order valence-corrected chi connectivity index (χ4v) is 2.53. The Morgan fingerprint density at radius 2 is 1.93 bits per heavy atom. The maximum atomic E-state index is 12.8. The van der Waals surface area contributed by atoms with E-state index < -0.39 is 41.4 Å². The summed E-state index contributed by atoms with van der Waals surface area (Å²) in [5, 5.41) is 2.52. The molecule has 156 valence electrons. The maximum absolute atomic E-state index is 12.8. The summed E-state index contributed by atoms with van der Waals surface area (Å²) in [5.74, 6) is -0.624. The van der Waals surface area contributed by atoms with E-state index in [-0.39, 0.29) is 19.1 Å². The smallest absolute Gasteiger partial charge is 0.421 e. The Balaban J connectivity index is 1.90. The third-order valence-electron chi connectivity index (χ3n) is 3.93. The van der Waals surface area contributed by atoms with Crippen molar-refractivity contribution >= 4 is 12.0 Å². The zero-order chi connectivity index (χ0) is 21.1. The quantitative estimate of drug-likeness (QED) is 0.791. The van der Waals surface area contributed by atoms with Crippen LogP contribution in [-0.2, 0) is 22.3 Å². The van der Waals surface area contributed by atoms with E-state index in [0.717, 1.165) is 25.1 Å². The van der Waals surface area contributed by atoms with Gasteiger partial charge in [0.25, 0.3) is 5.56 Å². The van der Waals surface area contributed by atoms with E-state index in [1.807, 2.05) is 0 Å². The molecule has 0 unspecified atom stereocenters. The lowest BCUT2D eigenvalue weighted by Gasteiger charge is -2.27. The fourth-order valence-electron chi connectivity index (χ4n) is 2.53. The molecule has 28 heavy (non-hydrogen) atoms. The van der Waals surface area contributed by atoms with Gasteiger partial charge in [-0.2, -0.15) is 13.2 Å². The minimum Gasteiger partial charge on any atom is -0.444 e. The summed E-state index contributed by atoms with van der Waals surface area (Å²) in [6, 6.07) is 1.80. The van der Waals surface area contributed by atoms with E-state index in [1.165, 1.54) is 4.90 Å². The first-order valence-corrected chi connectivity index (χ1v) is 8.91. The van der Waals surface area contributed by atoms with Gasteiger partial charge in [-0.1, -0.05) is 0 Å². The van der Waals surface area contributed by atoms with Crippen LogP contribution in [0.1, 0.15) is 39.2 Å². The Morgan fingerprint density at radius 1 is 1.29 bits per heavy atom. The number of aromatic nitrogens is 1. The van der Waals surface area contributed by atoms with Crippen LogP contribution < -0.4 is 10.9 Å². The van der Waals surface area contributed by atoms with E-state index in [2.05, 4.69) is 5.32 Å².